The van der Waals surface area contributed by atoms with E-state index in [4.69, 9.17) is 8.92 Å². The predicted octanol–water partition coefficient (Wildman–Crippen LogP) is 1.51. The van der Waals surface area contributed by atoms with Gasteiger partial charge in [-0.3, -0.25) is 0 Å². The van der Waals surface area contributed by atoms with E-state index in [1.54, 1.807) is 0 Å². The van der Waals surface area contributed by atoms with E-state index in [0.29, 0.717) is 0 Å². The van der Waals surface area contributed by atoms with Crippen LogP contribution in [0.2, 0.25) is 0 Å². The fourth-order valence-corrected chi connectivity index (χ4v) is 3.79. The zero-order valence-corrected chi connectivity index (χ0v) is 9.97. The molecule has 0 aromatic heterocycles. The van der Waals surface area contributed by atoms with E-state index in [1.807, 2.05) is 6.07 Å². The van der Waals surface area contributed by atoms with Gasteiger partial charge in [-0.25, -0.2) is 0 Å². The van der Waals surface area contributed by atoms with Crippen LogP contribution < -0.4 is 0 Å². The molecule has 1 aromatic rings. The summed E-state index contributed by atoms with van der Waals surface area (Å²) in [5.74, 6) is 0. The fraction of sp³-hybridized carbons (Fsp3) is 0.143. The molecule has 0 spiro atoms. The second kappa shape index (κ2) is 4.18. The molecule has 48 valence electrons. The number of halogens is 1. The molecule has 9 heavy (non-hydrogen) atoms. The van der Waals surface area contributed by atoms with Crippen LogP contribution >= 0.6 is 8.92 Å². The van der Waals surface area contributed by atoms with E-state index >= 15 is 0 Å². The Morgan fingerprint density at radius 3 is 2.44 bits per heavy atom. The average Bonchev–Trinajstić information content (AvgIpc) is 1.91. The number of benzene rings is 1. The molecule has 0 heterocycles. The number of rotatable bonds is 2. The summed E-state index contributed by atoms with van der Waals surface area (Å²) in [7, 11) is 5.75. The van der Waals surface area contributed by atoms with Gasteiger partial charge in [-0.15, -0.1) is 0 Å². The molecule has 1 rings (SSSR count). The van der Waals surface area contributed by atoms with Crippen molar-refractivity contribution in [3.63, 3.8) is 0 Å². The Hall–Kier alpha value is 0.309. The van der Waals surface area contributed by atoms with Gasteiger partial charge in [0.05, 0.1) is 0 Å². The molecule has 0 saturated heterocycles. The maximum atomic E-state index is 5.75. The van der Waals surface area contributed by atoms with Crippen molar-refractivity contribution in [2.45, 2.75) is 4.44 Å². The van der Waals surface area contributed by atoms with Crippen LogP contribution in [0, 0.1) is 0 Å². The molecule has 0 amide bonds. The van der Waals surface area contributed by atoms with Gasteiger partial charge in [0.2, 0.25) is 0 Å². The summed E-state index contributed by atoms with van der Waals surface area (Å²) >= 11 is -0.837. The molecule has 2 heteroatoms. The van der Waals surface area contributed by atoms with Crippen molar-refractivity contribution in [1.29, 1.82) is 0 Å². The molecule has 0 bridgehead atoms. The minimum absolute atomic E-state index is 0.837. The van der Waals surface area contributed by atoms with Crippen molar-refractivity contribution in [2.75, 3.05) is 0 Å². The first-order chi connectivity index (χ1) is 4.43. The molecule has 0 unspecified atom stereocenters. The summed E-state index contributed by atoms with van der Waals surface area (Å²) in [5.41, 5.74) is 1.41. The van der Waals surface area contributed by atoms with Crippen molar-refractivity contribution in [1.82, 2.24) is 0 Å². The first-order valence-electron chi connectivity index (χ1n) is 3.03. The van der Waals surface area contributed by atoms with E-state index in [-0.39, 0.29) is 0 Å². The second-order valence-corrected chi connectivity index (χ2v) is 6.97. The van der Waals surface area contributed by atoms with Gasteiger partial charge in [0.1, 0.15) is 0 Å². The van der Waals surface area contributed by atoms with Crippen molar-refractivity contribution < 1.29 is 0 Å². The predicted molar refractivity (Wildman–Crippen MR) is 44.5 cm³/mol. The fourth-order valence-electron chi connectivity index (χ4n) is 0.754. The Kier molecular flexibility index (Phi) is 3.44. The monoisotopic (exact) mass is 248 g/mol. The Balaban J connectivity index is 2.61. The molecular formula is C7H9ClSn. The SMILES string of the molecule is [Cl][SnH2][CH2]c1ccccc1. The summed E-state index contributed by atoms with van der Waals surface area (Å²) in [6, 6.07) is 10.4. The molecule has 0 atom stereocenters. The van der Waals surface area contributed by atoms with Gasteiger partial charge in [-0.1, -0.05) is 0 Å². The van der Waals surface area contributed by atoms with Gasteiger partial charge >= 0.3 is 69.3 Å². The van der Waals surface area contributed by atoms with E-state index in [9.17, 15) is 0 Å². The first kappa shape index (κ1) is 7.42. The molecule has 0 nitrogen and oxygen atoms in total. The molecule has 1 aromatic carbocycles. The molecule has 0 aliphatic carbocycles. The Bertz CT molecular complexity index is 162. The van der Waals surface area contributed by atoms with Gasteiger partial charge in [0, 0.05) is 0 Å². The topological polar surface area (TPSA) is 0 Å². The van der Waals surface area contributed by atoms with Gasteiger partial charge in [0.25, 0.3) is 0 Å². The van der Waals surface area contributed by atoms with Crippen LogP contribution in [-0.4, -0.2) is 20.0 Å². The van der Waals surface area contributed by atoms with Crippen LogP contribution in [-0.2, 0) is 4.44 Å². The first-order valence-corrected chi connectivity index (χ1v) is 11.0. The molecule has 0 fully saturated rings. The summed E-state index contributed by atoms with van der Waals surface area (Å²) in [6.45, 7) is 0. The van der Waals surface area contributed by atoms with Crippen molar-refractivity contribution in [3.8, 4) is 0 Å². The molecule has 0 aliphatic heterocycles. The normalized spacial score (nSPS) is 10.8. The Morgan fingerprint density at radius 2 is 1.89 bits per heavy atom. The van der Waals surface area contributed by atoms with Gasteiger partial charge in [-0.2, -0.15) is 0 Å². The van der Waals surface area contributed by atoms with Crippen LogP contribution in [0.25, 0.3) is 0 Å². The van der Waals surface area contributed by atoms with Crippen LogP contribution in [0.4, 0.5) is 0 Å². The average molecular weight is 247 g/mol. The van der Waals surface area contributed by atoms with Crippen LogP contribution in [0.1, 0.15) is 5.56 Å². The van der Waals surface area contributed by atoms with Crippen molar-refractivity contribution >= 4 is 28.9 Å². The number of hydrogen-bond donors (Lipinski definition) is 0. The van der Waals surface area contributed by atoms with E-state index in [2.05, 4.69) is 24.3 Å². The van der Waals surface area contributed by atoms with Gasteiger partial charge in [0.15, 0.2) is 0 Å². The third-order valence-electron chi connectivity index (χ3n) is 1.23. The van der Waals surface area contributed by atoms with Crippen LogP contribution in [0.15, 0.2) is 30.3 Å². The Morgan fingerprint density at radius 1 is 1.22 bits per heavy atom. The van der Waals surface area contributed by atoms with Gasteiger partial charge < -0.3 is 0 Å². The minimum atomic E-state index is -0.837. The third kappa shape index (κ3) is 2.59. The summed E-state index contributed by atoms with van der Waals surface area (Å²) in [5, 5.41) is 0. The molecule has 0 N–H and O–H groups in total. The summed E-state index contributed by atoms with van der Waals surface area (Å²) in [6.07, 6.45) is 0. The number of hydrogen-bond acceptors (Lipinski definition) is 0. The zero-order chi connectivity index (χ0) is 6.53. The summed E-state index contributed by atoms with van der Waals surface area (Å²) < 4.78 is 1.18. The van der Waals surface area contributed by atoms with Crippen LogP contribution in [0.5, 0.6) is 0 Å². The standard InChI is InChI=1S/C7H7.ClH.Sn.2H/c1-7-5-3-2-4-6-7;;;;/h2-6H,1H2;1H;;;/q;;+1;;/p-1. The van der Waals surface area contributed by atoms with Crippen LogP contribution in [0.3, 0.4) is 0 Å². The van der Waals surface area contributed by atoms with E-state index in [0.717, 1.165) is 0 Å². The van der Waals surface area contributed by atoms with Gasteiger partial charge in [-0.05, 0) is 0 Å². The quantitative estimate of drug-likeness (QED) is 0.695. The Labute approximate surface area is 69.2 Å². The second-order valence-electron chi connectivity index (χ2n) is 1.92. The zero-order valence-electron chi connectivity index (χ0n) is 5.18. The van der Waals surface area contributed by atoms with Crippen molar-refractivity contribution in [3.05, 3.63) is 35.9 Å². The molecule has 0 saturated carbocycles. The molecule has 0 radical (unpaired) electrons. The van der Waals surface area contributed by atoms with Crippen molar-refractivity contribution in [2.24, 2.45) is 0 Å². The summed E-state index contributed by atoms with van der Waals surface area (Å²) in [4.78, 5) is 0. The molecule has 0 aliphatic rings. The van der Waals surface area contributed by atoms with E-state index < -0.39 is 20.0 Å². The third-order valence-corrected chi connectivity index (χ3v) is 4.68. The molecular weight excluding hydrogens is 238 g/mol. The maximum absolute atomic E-state index is 5.75. The van der Waals surface area contributed by atoms with E-state index in [1.165, 1.54) is 10.0 Å².